The molecule has 1 aromatic carbocycles. The fourth-order valence-corrected chi connectivity index (χ4v) is 3.77. The highest BCUT2D eigenvalue weighted by molar-refractivity contribution is 7.89. The second-order valence-corrected chi connectivity index (χ2v) is 8.09. The van der Waals surface area contributed by atoms with Crippen LogP contribution in [-0.4, -0.2) is 46.0 Å². The quantitative estimate of drug-likeness (QED) is 0.850. The van der Waals surface area contributed by atoms with Crippen molar-refractivity contribution in [3.63, 3.8) is 0 Å². The largest absolute Gasteiger partial charge is 0.312 e. The average molecular weight is 311 g/mol. The van der Waals surface area contributed by atoms with Gasteiger partial charge in [0.15, 0.2) is 0 Å². The molecule has 2 N–H and O–H groups in total. The van der Waals surface area contributed by atoms with Gasteiger partial charge in [-0.15, -0.1) is 0 Å². The summed E-state index contributed by atoms with van der Waals surface area (Å²) in [6, 6.07) is 5.51. The molecule has 0 spiro atoms. The number of hydrogen-bond donors (Lipinski definition) is 2. The smallest absolute Gasteiger partial charge is 0.240 e. The summed E-state index contributed by atoms with van der Waals surface area (Å²) in [6.45, 7) is 5.97. The highest BCUT2D eigenvalue weighted by atomic mass is 32.2. The van der Waals surface area contributed by atoms with Crippen LogP contribution in [0.4, 0.5) is 0 Å². The van der Waals surface area contributed by atoms with Gasteiger partial charge < -0.3 is 10.2 Å². The molecule has 118 valence electrons. The highest BCUT2D eigenvalue weighted by Crippen LogP contribution is 2.23. The molecule has 0 saturated carbocycles. The van der Waals surface area contributed by atoms with Crippen LogP contribution in [-0.2, 0) is 23.0 Å². The lowest BCUT2D eigenvalue weighted by atomic mass is 10.0. The molecule has 2 rings (SSSR count). The predicted octanol–water partition coefficient (Wildman–Crippen LogP) is 0.951. The second-order valence-electron chi connectivity index (χ2n) is 6.35. The molecule has 0 radical (unpaired) electrons. The maximum absolute atomic E-state index is 12.6. The van der Waals surface area contributed by atoms with E-state index < -0.39 is 10.0 Å². The van der Waals surface area contributed by atoms with Gasteiger partial charge in [0.2, 0.25) is 10.0 Å². The van der Waals surface area contributed by atoms with E-state index in [2.05, 4.69) is 10.0 Å². The van der Waals surface area contributed by atoms with Gasteiger partial charge in [0.25, 0.3) is 0 Å². The fourth-order valence-electron chi connectivity index (χ4n) is 2.26. The summed E-state index contributed by atoms with van der Waals surface area (Å²) in [7, 11) is 0.425. The Morgan fingerprint density at radius 2 is 2.05 bits per heavy atom. The molecule has 1 aromatic rings. The van der Waals surface area contributed by atoms with Gasteiger partial charge in [-0.25, -0.2) is 13.1 Å². The Balaban J connectivity index is 2.25. The Labute approximate surface area is 127 Å². The number of likely N-dealkylation sites (N-methyl/N-ethyl adjacent to an activating group) is 1. The third-order valence-electron chi connectivity index (χ3n) is 4.29. The Morgan fingerprint density at radius 1 is 1.33 bits per heavy atom. The molecule has 0 atom stereocenters. The predicted molar refractivity (Wildman–Crippen MR) is 84.8 cm³/mol. The van der Waals surface area contributed by atoms with E-state index in [1.807, 2.05) is 45.0 Å². The summed E-state index contributed by atoms with van der Waals surface area (Å²) >= 11 is 0. The summed E-state index contributed by atoms with van der Waals surface area (Å²) in [6.07, 6.45) is 0.753. The summed E-state index contributed by atoms with van der Waals surface area (Å²) in [5.74, 6) is 0. The normalized spacial score (nSPS) is 16.0. The van der Waals surface area contributed by atoms with Crippen LogP contribution < -0.4 is 10.0 Å². The first-order valence-electron chi connectivity index (χ1n) is 7.22. The third kappa shape index (κ3) is 3.63. The molecule has 1 heterocycles. The molecule has 0 aliphatic carbocycles. The van der Waals surface area contributed by atoms with Crippen molar-refractivity contribution in [3.05, 3.63) is 29.3 Å². The molecular formula is C15H25N3O2S. The molecule has 6 heteroatoms. The van der Waals surface area contributed by atoms with E-state index in [1.165, 1.54) is 0 Å². The van der Waals surface area contributed by atoms with Crippen molar-refractivity contribution in [1.29, 1.82) is 0 Å². The van der Waals surface area contributed by atoms with Crippen LogP contribution in [0.25, 0.3) is 0 Å². The highest BCUT2D eigenvalue weighted by Gasteiger charge is 2.26. The standard InChI is InChI=1S/C15H25N3O2S/c1-15(2,18(3)4)11-17-21(19,20)14-7-5-6-12-10-16-9-8-13(12)14/h5-7,16-17H,8-11H2,1-4H3. The van der Waals surface area contributed by atoms with E-state index in [0.29, 0.717) is 11.4 Å². The van der Waals surface area contributed by atoms with E-state index in [4.69, 9.17) is 0 Å². The summed E-state index contributed by atoms with van der Waals surface area (Å²) in [5, 5.41) is 3.27. The van der Waals surface area contributed by atoms with Gasteiger partial charge in [-0.2, -0.15) is 0 Å². The number of sulfonamides is 1. The average Bonchev–Trinajstić information content (AvgIpc) is 2.44. The maximum atomic E-state index is 12.6. The van der Waals surface area contributed by atoms with Crippen molar-refractivity contribution in [2.24, 2.45) is 0 Å². The topological polar surface area (TPSA) is 61.4 Å². The maximum Gasteiger partial charge on any atom is 0.240 e. The SMILES string of the molecule is CN(C)C(C)(C)CNS(=O)(=O)c1cccc2c1CCNC2. The van der Waals surface area contributed by atoms with E-state index in [0.717, 1.165) is 30.6 Å². The number of benzene rings is 1. The zero-order chi connectivity index (χ0) is 15.7. The molecular weight excluding hydrogens is 286 g/mol. The van der Waals surface area contributed by atoms with Crippen LogP contribution >= 0.6 is 0 Å². The second kappa shape index (κ2) is 6.04. The van der Waals surface area contributed by atoms with Crippen LogP contribution in [0, 0.1) is 0 Å². The number of hydrogen-bond acceptors (Lipinski definition) is 4. The summed E-state index contributed by atoms with van der Waals surface area (Å²) in [5.41, 5.74) is 1.80. The van der Waals surface area contributed by atoms with Crippen molar-refractivity contribution < 1.29 is 8.42 Å². The van der Waals surface area contributed by atoms with E-state index >= 15 is 0 Å². The van der Waals surface area contributed by atoms with Crippen LogP contribution in [0.5, 0.6) is 0 Å². The minimum Gasteiger partial charge on any atom is -0.312 e. The van der Waals surface area contributed by atoms with E-state index in [1.54, 1.807) is 6.07 Å². The molecule has 21 heavy (non-hydrogen) atoms. The lowest BCUT2D eigenvalue weighted by molar-refractivity contribution is 0.199. The van der Waals surface area contributed by atoms with Gasteiger partial charge >= 0.3 is 0 Å². The van der Waals surface area contributed by atoms with Gasteiger partial charge in [-0.05, 0) is 58.1 Å². The zero-order valence-electron chi connectivity index (χ0n) is 13.2. The first-order valence-corrected chi connectivity index (χ1v) is 8.71. The molecule has 0 fully saturated rings. The molecule has 1 aliphatic heterocycles. The van der Waals surface area contributed by atoms with Crippen molar-refractivity contribution >= 4 is 10.0 Å². The number of nitrogens with one attached hydrogen (secondary N) is 2. The number of nitrogens with zero attached hydrogens (tertiary/aromatic N) is 1. The van der Waals surface area contributed by atoms with Crippen LogP contribution in [0.2, 0.25) is 0 Å². The zero-order valence-corrected chi connectivity index (χ0v) is 14.0. The minimum absolute atomic E-state index is 0.233. The third-order valence-corrected chi connectivity index (χ3v) is 5.78. The first-order chi connectivity index (χ1) is 9.74. The van der Waals surface area contributed by atoms with Gasteiger partial charge in [-0.3, -0.25) is 0 Å². The number of rotatable bonds is 5. The minimum atomic E-state index is -3.47. The fraction of sp³-hybridized carbons (Fsp3) is 0.600. The monoisotopic (exact) mass is 311 g/mol. The number of fused-ring (bicyclic) bond motifs is 1. The Hall–Kier alpha value is -0.950. The Kier molecular flexibility index (Phi) is 4.72. The van der Waals surface area contributed by atoms with Gasteiger partial charge in [-0.1, -0.05) is 12.1 Å². The van der Waals surface area contributed by atoms with E-state index in [-0.39, 0.29) is 5.54 Å². The molecule has 0 bridgehead atoms. The van der Waals surface area contributed by atoms with Crippen LogP contribution in [0.15, 0.2) is 23.1 Å². The van der Waals surface area contributed by atoms with Crippen molar-refractivity contribution in [2.75, 3.05) is 27.2 Å². The van der Waals surface area contributed by atoms with Crippen molar-refractivity contribution in [1.82, 2.24) is 14.9 Å². The summed E-state index contributed by atoms with van der Waals surface area (Å²) in [4.78, 5) is 2.44. The van der Waals surface area contributed by atoms with Gasteiger partial charge in [0.05, 0.1) is 4.90 Å². The van der Waals surface area contributed by atoms with Crippen LogP contribution in [0.1, 0.15) is 25.0 Å². The van der Waals surface area contributed by atoms with E-state index in [9.17, 15) is 8.42 Å². The molecule has 0 unspecified atom stereocenters. The first kappa shape index (κ1) is 16.4. The van der Waals surface area contributed by atoms with Crippen molar-refractivity contribution in [2.45, 2.75) is 37.2 Å². The summed E-state index contributed by atoms with van der Waals surface area (Å²) < 4.78 is 28.0. The molecule has 0 amide bonds. The molecule has 0 aromatic heterocycles. The van der Waals surface area contributed by atoms with Gasteiger partial charge in [0.1, 0.15) is 0 Å². The Bertz CT molecular complexity index is 609. The van der Waals surface area contributed by atoms with Gasteiger partial charge in [0, 0.05) is 18.6 Å². The van der Waals surface area contributed by atoms with Crippen LogP contribution in [0.3, 0.4) is 0 Å². The molecule has 5 nitrogen and oxygen atoms in total. The van der Waals surface area contributed by atoms with Crippen molar-refractivity contribution in [3.8, 4) is 0 Å². The lowest BCUT2D eigenvalue weighted by Crippen LogP contribution is -2.48. The lowest BCUT2D eigenvalue weighted by Gasteiger charge is -2.32. The molecule has 0 saturated heterocycles. The molecule has 1 aliphatic rings. The Morgan fingerprint density at radius 3 is 2.71 bits per heavy atom.